The van der Waals surface area contributed by atoms with E-state index in [4.69, 9.17) is 11.6 Å². The zero-order valence-electron chi connectivity index (χ0n) is 20.3. The van der Waals surface area contributed by atoms with Crippen LogP contribution >= 0.6 is 11.6 Å². The Kier molecular flexibility index (Phi) is 7.17. The van der Waals surface area contributed by atoms with Crippen LogP contribution in [0.5, 0.6) is 0 Å². The molecule has 1 N–H and O–H groups in total. The Balaban J connectivity index is 1.62. The van der Waals surface area contributed by atoms with Gasteiger partial charge >= 0.3 is 6.18 Å². The monoisotopic (exact) mass is 544 g/mol. The van der Waals surface area contributed by atoms with Gasteiger partial charge < -0.3 is 5.32 Å². The second-order valence-electron chi connectivity index (χ2n) is 8.84. The Bertz CT molecular complexity index is 1700. The SMILES string of the molecule is O=C(Cc1ccccc1Cl)Nc1cccc(-c2c(C(=O)c3ccccc3)cnc3c(C(F)(F)F)cccc23)c1. The van der Waals surface area contributed by atoms with Crippen LogP contribution in [0, 0.1) is 0 Å². The second kappa shape index (κ2) is 10.7. The van der Waals surface area contributed by atoms with Gasteiger partial charge in [0.25, 0.3) is 0 Å². The molecule has 8 heteroatoms. The van der Waals surface area contributed by atoms with Crippen LogP contribution in [0.15, 0.2) is 103 Å². The second-order valence-corrected chi connectivity index (χ2v) is 9.25. The summed E-state index contributed by atoms with van der Waals surface area (Å²) in [6, 6.07) is 25.8. The molecule has 0 atom stereocenters. The standard InChI is InChI=1S/C31H20ClF3N2O2/c32-26-15-5-4-10-20(26)17-27(38)37-22-12-6-11-21(16-22)28-23-13-7-14-25(31(33,34)35)29(23)36-18-24(28)30(39)19-8-2-1-3-9-19/h1-16,18H,17H2,(H,37,38). The summed E-state index contributed by atoms with van der Waals surface area (Å²) in [5, 5.41) is 3.45. The molecule has 4 aromatic carbocycles. The normalized spacial score (nSPS) is 11.4. The largest absolute Gasteiger partial charge is 0.418 e. The molecule has 0 saturated heterocycles. The van der Waals surface area contributed by atoms with Crippen LogP contribution in [0.25, 0.3) is 22.0 Å². The Morgan fingerprint density at radius 1 is 0.846 bits per heavy atom. The average Bonchev–Trinajstić information content (AvgIpc) is 2.93. The molecule has 4 nitrogen and oxygen atoms in total. The molecular formula is C31H20ClF3N2O2. The van der Waals surface area contributed by atoms with Gasteiger partial charge in [0.1, 0.15) is 0 Å². The van der Waals surface area contributed by atoms with Crippen molar-refractivity contribution in [3.05, 3.63) is 131 Å². The fourth-order valence-electron chi connectivity index (χ4n) is 4.45. The number of nitrogens with one attached hydrogen (secondary N) is 1. The topological polar surface area (TPSA) is 59.1 Å². The number of fused-ring (bicyclic) bond motifs is 1. The van der Waals surface area contributed by atoms with Crippen molar-refractivity contribution < 1.29 is 22.8 Å². The number of nitrogens with zero attached hydrogens (tertiary/aromatic N) is 1. The molecule has 1 aromatic heterocycles. The lowest BCUT2D eigenvalue weighted by atomic mass is 9.91. The van der Waals surface area contributed by atoms with Crippen molar-refractivity contribution in [2.45, 2.75) is 12.6 Å². The van der Waals surface area contributed by atoms with Crippen LogP contribution < -0.4 is 5.32 Å². The number of pyridine rings is 1. The van der Waals surface area contributed by atoms with Gasteiger partial charge in [-0.1, -0.05) is 84.4 Å². The summed E-state index contributed by atoms with van der Waals surface area (Å²) in [5.41, 5.74) is 1.17. The molecular weight excluding hydrogens is 525 g/mol. The number of amides is 1. The molecule has 0 aliphatic carbocycles. The van der Waals surface area contributed by atoms with Gasteiger partial charge in [0, 0.05) is 39.0 Å². The van der Waals surface area contributed by atoms with E-state index in [9.17, 15) is 22.8 Å². The highest BCUT2D eigenvalue weighted by molar-refractivity contribution is 6.31. The number of carbonyl (C=O) groups is 2. The first-order valence-corrected chi connectivity index (χ1v) is 12.3. The van der Waals surface area contributed by atoms with Gasteiger partial charge in [-0.2, -0.15) is 13.2 Å². The highest BCUT2D eigenvalue weighted by atomic mass is 35.5. The van der Waals surface area contributed by atoms with Crippen molar-refractivity contribution in [3.63, 3.8) is 0 Å². The number of carbonyl (C=O) groups excluding carboxylic acids is 2. The highest BCUT2D eigenvalue weighted by Crippen LogP contribution is 2.39. The summed E-state index contributed by atoms with van der Waals surface area (Å²) in [6.45, 7) is 0. The third-order valence-electron chi connectivity index (χ3n) is 6.23. The minimum absolute atomic E-state index is 0.0365. The summed E-state index contributed by atoms with van der Waals surface area (Å²) in [7, 11) is 0. The number of hydrogen-bond donors (Lipinski definition) is 1. The maximum atomic E-state index is 13.8. The van der Waals surface area contributed by atoms with Crippen molar-refractivity contribution in [1.82, 2.24) is 4.98 Å². The van der Waals surface area contributed by atoms with Crippen molar-refractivity contribution >= 4 is 39.9 Å². The third kappa shape index (κ3) is 5.54. The molecule has 1 amide bonds. The van der Waals surface area contributed by atoms with Crippen LogP contribution in [0.4, 0.5) is 18.9 Å². The Labute approximate surface area is 227 Å². The lowest BCUT2D eigenvalue weighted by Gasteiger charge is -2.16. The number of ketones is 1. The van der Waals surface area contributed by atoms with E-state index in [0.29, 0.717) is 33.0 Å². The number of hydrogen-bond acceptors (Lipinski definition) is 3. The van der Waals surface area contributed by atoms with E-state index in [2.05, 4.69) is 10.3 Å². The fourth-order valence-corrected chi connectivity index (χ4v) is 4.65. The first kappa shape index (κ1) is 26.1. The van der Waals surface area contributed by atoms with Gasteiger partial charge in [-0.05, 0) is 35.4 Å². The highest BCUT2D eigenvalue weighted by Gasteiger charge is 2.34. The zero-order chi connectivity index (χ0) is 27.6. The lowest BCUT2D eigenvalue weighted by Crippen LogP contribution is -2.14. The van der Waals surface area contributed by atoms with E-state index in [1.807, 2.05) is 0 Å². The van der Waals surface area contributed by atoms with E-state index >= 15 is 0 Å². The van der Waals surface area contributed by atoms with E-state index in [0.717, 1.165) is 6.07 Å². The summed E-state index contributed by atoms with van der Waals surface area (Å²) in [4.78, 5) is 30.4. The number of anilines is 1. The molecule has 0 saturated carbocycles. The van der Waals surface area contributed by atoms with Crippen molar-refractivity contribution in [3.8, 4) is 11.1 Å². The van der Waals surface area contributed by atoms with Gasteiger partial charge in [0.15, 0.2) is 5.78 Å². The van der Waals surface area contributed by atoms with E-state index in [1.165, 1.54) is 18.3 Å². The summed E-state index contributed by atoms with van der Waals surface area (Å²) >= 11 is 6.18. The molecule has 0 fully saturated rings. The van der Waals surface area contributed by atoms with Crippen LogP contribution in [-0.4, -0.2) is 16.7 Å². The maximum Gasteiger partial charge on any atom is 0.418 e. The summed E-state index contributed by atoms with van der Waals surface area (Å²) in [6.07, 6.45) is -3.41. The van der Waals surface area contributed by atoms with Crippen molar-refractivity contribution in [2.75, 3.05) is 5.32 Å². The van der Waals surface area contributed by atoms with Crippen LogP contribution in [0.1, 0.15) is 27.0 Å². The number of para-hydroxylation sites is 1. The number of halogens is 4. The van der Waals surface area contributed by atoms with E-state index < -0.39 is 11.7 Å². The molecule has 0 aliphatic rings. The lowest BCUT2D eigenvalue weighted by molar-refractivity contribution is -0.136. The molecule has 1 heterocycles. The molecule has 0 radical (unpaired) electrons. The quantitative estimate of drug-likeness (QED) is 0.220. The average molecular weight is 545 g/mol. The van der Waals surface area contributed by atoms with Crippen LogP contribution in [-0.2, 0) is 17.4 Å². The van der Waals surface area contributed by atoms with Gasteiger partial charge in [-0.15, -0.1) is 0 Å². The van der Waals surface area contributed by atoms with Gasteiger partial charge in [-0.3, -0.25) is 14.6 Å². The van der Waals surface area contributed by atoms with Crippen LogP contribution in [0.3, 0.4) is 0 Å². The number of alkyl halides is 3. The first-order chi connectivity index (χ1) is 18.7. The molecule has 194 valence electrons. The summed E-state index contributed by atoms with van der Waals surface area (Å²) in [5.74, 6) is -0.703. The number of aromatic nitrogens is 1. The molecule has 0 aliphatic heterocycles. The number of rotatable bonds is 6. The molecule has 5 rings (SSSR count). The predicted molar refractivity (Wildman–Crippen MR) is 146 cm³/mol. The molecule has 39 heavy (non-hydrogen) atoms. The minimum atomic E-state index is -4.64. The first-order valence-electron chi connectivity index (χ1n) is 11.9. The van der Waals surface area contributed by atoms with Gasteiger partial charge in [0.2, 0.25) is 5.91 Å². The smallest absolute Gasteiger partial charge is 0.326 e. The van der Waals surface area contributed by atoms with Gasteiger partial charge in [0.05, 0.1) is 17.5 Å². The third-order valence-corrected chi connectivity index (χ3v) is 6.60. The van der Waals surface area contributed by atoms with Crippen LogP contribution in [0.2, 0.25) is 5.02 Å². The Hall–Kier alpha value is -4.49. The Morgan fingerprint density at radius 2 is 1.56 bits per heavy atom. The maximum absolute atomic E-state index is 13.8. The molecule has 0 spiro atoms. The number of benzene rings is 4. The fraction of sp³-hybridized carbons (Fsp3) is 0.0645. The van der Waals surface area contributed by atoms with Crippen molar-refractivity contribution in [2.24, 2.45) is 0 Å². The van der Waals surface area contributed by atoms with E-state index in [1.54, 1.807) is 78.9 Å². The summed E-state index contributed by atoms with van der Waals surface area (Å²) < 4.78 is 41.5. The minimum Gasteiger partial charge on any atom is -0.326 e. The zero-order valence-corrected chi connectivity index (χ0v) is 21.1. The van der Waals surface area contributed by atoms with Gasteiger partial charge in [-0.25, -0.2) is 0 Å². The molecule has 5 aromatic rings. The molecule has 0 bridgehead atoms. The van der Waals surface area contributed by atoms with E-state index in [-0.39, 0.29) is 34.6 Å². The van der Waals surface area contributed by atoms with Crippen molar-refractivity contribution in [1.29, 1.82) is 0 Å². The predicted octanol–water partition coefficient (Wildman–Crippen LogP) is 7.99. The Morgan fingerprint density at radius 3 is 2.31 bits per heavy atom. The molecule has 0 unspecified atom stereocenters.